The number of oxime groups is 1. The van der Waals surface area contributed by atoms with Crippen molar-refractivity contribution < 1.29 is 14.7 Å². The highest BCUT2D eigenvalue weighted by atomic mass is 32.1. The van der Waals surface area contributed by atoms with Gasteiger partial charge in [-0.25, -0.2) is 0 Å². The Morgan fingerprint density at radius 3 is 2.83 bits per heavy atom. The van der Waals surface area contributed by atoms with E-state index in [2.05, 4.69) is 5.16 Å². The predicted molar refractivity (Wildman–Crippen MR) is 96.9 cm³/mol. The normalized spacial score (nSPS) is 18.9. The van der Waals surface area contributed by atoms with Gasteiger partial charge in [-0.05, 0) is 25.0 Å². The highest BCUT2D eigenvalue weighted by Crippen LogP contribution is 2.35. The summed E-state index contributed by atoms with van der Waals surface area (Å²) < 4.78 is 2.55. The van der Waals surface area contributed by atoms with Crippen LogP contribution in [0.2, 0.25) is 0 Å². The van der Waals surface area contributed by atoms with E-state index in [-0.39, 0.29) is 17.5 Å². The fourth-order valence-corrected chi connectivity index (χ4v) is 3.26. The summed E-state index contributed by atoms with van der Waals surface area (Å²) in [5.74, 6) is -0.114. The molecule has 24 heavy (non-hydrogen) atoms. The number of carbonyl (C=O) groups is 1. The summed E-state index contributed by atoms with van der Waals surface area (Å²) in [7, 11) is 1.88. The first kappa shape index (κ1) is 18.4. The molecule has 0 saturated carbocycles. The molecule has 0 amide bonds. The Balaban J connectivity index is 2.36. The van der Waals surface area contributed by atoms with E-state index in [4.69, 9.17) is 17.1 Å². The van der Waals surface area contributed by atoms with Gasteiger partial charge in [-0.1, -0.05) is 36.8 Å². The lowest BCUT2D eigenvalue weighted by Crippen LogP contribution is -2.24. The number of aromatic nitrogens is 1. The van der Waals surface area contributed by atoms with Gasteiger partial charge >= 0.3 is 0 Å². The summed E-state index contributed by atoms with van der Waals surface area (Å²) in [5, 5.41) is 14.5. The Labute approximate surface area is 147 Å². The minimum Gasteiger partial charge on any atom is -0.511 e. The average molecular weight is 348 g/mol. The van der Waals surface area contributed by atoms with E-state index in [0.29, 0.717) is 41.8 Å². The highest BCUT2D eigenvalue weighted by molar-refractivity contribution is 7.71. The van der Waals surface area contributed by atoms with Crippen molar-refractivity contribution in [2.45, 2.75) is 45.4 Å². The van der Waals surface area contributed by atoms with Gasteiger partial charge in [0, 0.05) is 32.0 Å². The zero-order valence-corrected chi connectivity index (χ0v) is 15.2. The summed E-state index contributed by atoms with van der Waals surface area (Å²) in [5.41, 5.74) is 1.79. The molecule has 1 heterocycles. The van der Waals surface area contributed by atoms with Crippen LogP contribution in [-0.4, -0.2) is 27.8 Å². The number of ketones is 1. The second-order valence-electron chi connectivity index (χ2n) is 5.94. The monoisotopic (exact) mass is 348 g/mol. The maximum absolute atomic E-state index is 12.7. The van der Waals surface area contributed by atoms with Crippen molar-refractivity contribution in [1.29, 1.82) is 0 Å². The summed E-state index contributed by atoms with van der Waals surface area (Å²) in [4.78, 5) is 17.8. The highest BCUT2D eigenvalue weighted by Gasteiger charge is 2.32. The standard InChI is InChI=1S/C18H24N2O3S/c1-4-7-14(19-23-5-2)17-15(21)10-12(11-16(17)22)13-8-6-9-20(3)18(13)24/h6,8-9,12,21H,4-5,7,10-11H2,1-3H3. The van der Waals surface area contributed by atoms with Crippen LogP contribution in [0.25, 0.3) is 0 Å². The Morgan fingerprint density at radius 1 is 1.46 bits per heavy atom. The van der Waals surface area contributed by atoms with E-state index in [0.717, 1.165) is 12.0 Å². The van der Waals surface area contributed by atoms with E-state index in [1.165, 1.54) is 0 Å². The minimum atomic E-state index is -0.101. The lowest BCUT2D eigenvalue weighted by atomic mass is 9.81. The van der Waals surface area contributed by atoms with Crippen molar-refractivity contribution in [1.82, 2.24) is 4.57 Å². The van der Waals surface area contributed by atoms with Gasteiger partial charge in [-0.2, -0.15) is 0 Å². The van der Waals surface area contributed by atoms with Crippen molar-refractivity contribution in [2.24, 2.45) is 12.2 Å². The number of hydrogen-bond donors (Lipinski definition) is 1. The zero-order valence-electron chi connectivity index (χ0n) is 14.4. The fraction of sp³-hybridized carbons (Fsp3) is 0.500. The molecule has 1 unspecified atom stereocenters. The summed E-state index contributed by atoms with van der Waals surface area (Å²) in [6, 6.07) is 3.84. The molecule has 1 aromatic rings. The van der Waals surface area contributed by atoms with Gasteiger partial charge in [0.25, 0.3) is 0 Å². The Morgan fingerprint density at radius 2 is 2.21 bits per heavy atom. The number of allylic oxidation sites excluding steroid dienone is 2. The smallest absolute Gasteiger partial charge is 0.168 e. The number of aliphatic hydroxyl groups is 1. The molecule has 5 nitrogen and oxygen atoms in total. The van der Waals surface area contributed by atoms with E-state index in [1.807, 2.05) is 43.8 Å². The number of aliphatic hydroxyl groups excluding tert-OH is 1. The Kier molecular flexibility index (Phi) is 6.31. The molecule has 1 aliphatic rings. The number of carbonyl (C=O) groups excluding carboxylic acids is 1. The number of hydrogen-bond acceptors (Lipinski definition) is 5. The van der Waals surface area contributed by atoms with Crippen molar-refractivity contribution in [2.75, 3.05) is 6.61 Å². The SMILES string of the molecule is CCCC(=NOCC)C1=C(O)CC(c2cccn(C)c2=S)CC1=O. The first-order valence-electron chi connectivity index (χ1n) is 8.29. The molecule has 1 N–H and O–H groups in total. The van der Waals surface area contributed by atoms with Gasteiger partial charge in [0.2, 0.25) is 0 Å². The lowest BCUT2D eigenvalue weighted by molar-refractivity contribution is -0.116. The Hall–Kier alpha value is -1.95. The average Bonchev–Trinajstić information content (AvgIpc) is 2.54. The third kappa shape index (κ3) is 3.93. The van der Waals surface area contributed by atoms with Crippen molar-refractivity contribution in [3.8, 4) is 0 Å². The molecule has 0 radical (unpaired) electrons. The van der Waals surface area contributed by atoms with Crippen LogP contribution in [0, 0.1) is 4.64 Å². The molecule has 0 fully saturated rings. The quantitative estimate of drug-likeness (QED) is 0.475. The Bertz CT molecular complexity index is 734. The molecule has 0 aliphatic heterocycles. The molecular formula is C18H24N2O3S. The number of rotatable bonds is 6. The molecule has 2 rings (SSSR count). The van der Waals surface area contributed by atoms with Gasteiger partial charge < -0.3 is 14.5 Å². The van der Waals surface area contributed by atoms with E-state index in [9.17, 15) is 9.90 Å². The number of nitrogens with zero attached hydrogens (tertiary/aromatic N) is 2. The van der Waals surface area contributed by atoms with Gasteiger partial charge in [-0.15, -0.1) is 0 Å². The lowest BCUT2D eigenvalue weighted by Gasteiger charge is -2.24. The molecule has 0 saturated heterocycles. The molecule has 6 heteroatoms. The second-order valence-corrected chi connectivity index (χ2v) is 6.32. The first-order valence-corrected chi connectivity index (χ1v) is 8.70. The molecular weight excluding hydrogens is 324 g/mol. The van der Waals surface area contributed by atoms with Crippen LogP contribution < -0.4 is 0 Å². The van der Waals surface area contributed by atoms with E-state index in [1.54, 1.807) is 0 Å². The van der Waals surface area contributed by atoms with E-state index < -0.39 is 0 Å². The van der Waals surface area contributed by atoms with Gasteiger partial charge in [0.05, 0.1) is 11.3 Å². The van der Waals surface area contributed by atoms with Crippen LogP contribution in [0.15, 0.2) is 34.8 Å². The van der Waals surface area contributed by atoms with Crippen LogP contribution in [-0.2, 0) is 16.7 Å². The van der Waals surface area contributed by atoms with Crippen molar-refractivity contribution in [3.63, 3.8) is 0 Å². The molecule has 130 valence electrons. The summed E-state index contributed by atoms with van der Waals surface area (Å²) in [6.45, 7) is 4.26. The third-order valence-corrected chi connectivity index (χ3v) is 4.63. The van der Waals surface area contributed by atoms with Crippen LogP contribution in [0.4, 0.5) is 0 Å². The largest absolute Gasteiger partial charge is 0.511 e. The number of pyridine rings is 1. The van der Waals surface area contributed by atoms with Gasteiger partial charge in [-0.3, -0.25) is 4.79 Å². The zero-order chi connectivity index (χ0) is 17.7. The summed E-state index contributed by atoms with van der Waals surface area (Å²) >= 11 is 5.44. The minimum absolute atomic E-state index is 0.0871. The molecule has 1 atom stereocenters. The third-order valence-electron chi connectivity index (χ3n) is 4.11. The topological polar surface area (TPSA) is 63.8 Å². The molecule has 0 aromatic carbocycles. The van der Waals surface area contributed by atoms with Gasteiger partial charge in [0.15, 0.2) is 5.78 Å². The summed E-state index contributed by atoms with van der Waals surface area (Å²) in [6.07, 6.45) is 4.02. The van der Waals surface area contributed by atoms with Crippen molar-refractivity contribution in [3.05, 3.63) is 39.9 Å². The fourth-order valence-electron chi connectivity index (χ4n) is 2.97. The molecule has 1 aromatic heterocycles. The molecule has 1 aliphatic carbocycles. The van der Waals surface area contributed by atoms with Crippen LogP contribution in [0.5, 0.6) is 0 Å². The predicted octanol–water partition coefficient (Wildman–Crippen LogP) is 4.21. The van der Waals surface area contributed by atoms with Gasteiger partial charge in [0.1, 0.15) is 17.0 Å². The van der Waals surface area contributed by atoms with E-state index >= 15 is 0 Å². The van der Waals surface area contributed by atoms with Crippen LogP contribution >= 0.6 is 12.2 Å². The second kappa shape index (κ2) is 8.24. The molecule has 0 bridgehead atoms. The first-order chi connectivity index (χ1) is 11.5. The number of aryl methyl sites for hydroxylation is 1. The van der Waals surface area contributed by atoms with Crippen LogP contribution in [0.3, 0.4) is 0 Å². The van der Waals surface area contributed by atoms with Crippen LogP contribution in [0.1, 0.15) is 51.0 Å². The number of Topliss-reactive ketones (excluding diaryl/α,β-unsaturated/α-hetero) is 1. The molecule has 0 spiro atoms. The van der Waals surface area contributed by atoms with Crippen molar-refractivity contribution >= 4 is 23.7 Å². The maximum atomic E-state index is 12.7. The maximum Gasteiger partial charge on any atom is 0.168 e.